The molecular weight excluding hydrogens is 430 g/mol. The number of hydrogen-bond acceptors (Lipinski definition) is 5. The van der Waals surface area contributed by atoms with Crippen LogP contribution in [0.3, 0.4) is 0 Å². The summed E-state index contributed by atoms with van der Waals surface area (Å²) in [7, 11) is 0.289. The molecule has 0 unspecified atom stereocenters. The van der Waals surface area contributed by atoms with Crippen molar-refractivity contribution in [1.82, 2.24) is 9.62 Å². The van der Waals surface area contributed by atoms with Gasteiger partial charge in [0.1, 0.15) is 6.04 Å². The van der Waals surface area contributed by atoms with Gasteiger partial charge in [0.2, 0.25) is 15.9 Å². The highest BCUT2D eigenvalue weighted by Crippen LogP contribution is 2.26. The highest BCUT2D eigenvalue weighted by Gasteiger charge is 2.34. The van der Waals surface area contributed by atoms with Crippen molar-refractivity contribution in [3.05, 3.63) is 56.6 Å². The van der Waals surface area contributed by atoms with E-state index >= 15 is 0 Å². The number of amides is 1. The summed E-state index contributed by atoms with van der Waals surface area (Å²) in [5.41, 5.74) is 1.93. The van der Waals surface area contributed by atoms with Gasteiger partial charge in [-0.1, -0.05) is 23.7 Å². The predicted molar refractivity (Wildman–Crippen MR) is 120 cm³/mol. The number of nitrogens with zero attached hydrogens (tertiary/aromatic N) is 2. The van der Waals surface area contributed by atoms with Crippen molar-refractivity contribution in [2.24, 2.45) is 0 Å². The van der Waals surface area contributed by atoms with Gasteiger partial charge in [-0.25, -0.2) is 8.42 Å². The number of carbonyl (C=O) groups is 1. The molecule has 1 N–H and O–H groups in total. The zero-order valence-corrected chi connectivity index (χ0v) is 18.9. The van der Waals surface area contributed by atoms with E-state index in [4.69, 9.17) is 11.6 Å². The quantitative estimate of drug-likeness (QED) is 0.693. The first kappa shape index (κ1) is 22.0. The van der Waals surface area contributed by atoms with Crippen LogP contribution in [0.15, 0.2) is 41.8 Å². The van der Waals surface area contributed by atoms with Crippen molar-refractivity contribution in [3.8, 4) is 0 Å². The molecule has 9 heteroatoms. The van der Waals surface area contributed by atoms with E-state index in [0.717, 1.165) is 21.5 Å². The number of thiophene rings is 1. The lowest BCUT2D eigenvalue weighted by atomic mass is 10.1. The normalized spacial score (nSPS) is 18.9. The Bertz CT molecular complexity index is 1000. The fraction of sp³-hybridized carbons (Fsp3) is 0.350. The second-order valence-corrected chi connectivity index (χ2v) is 10.5. The molecule has 1 aromatic heterocycles. The summed E-state index contributed by atoms with van der Waals surface area (Å²) >= 11 is 7.13. The molecular formula is C20H24ClN3O3S2. The Morgan fingerprint density at radius 3 is 2.52 bits per heavy atom. The molecule has 0 radical (unpaired) electrons. The van der Waals surface area contributed by atoms with Crippen LogP contribution in [0.5, 0.6) is 0 Å². The van der Waals surface area contributed by atoms with Gasteiger partial charge in [0.15, 0.2) is 0 Å². The van der Waals surface area contributed by atoms with Gasteiger partial charge in [0.25, 0.3) is 0 Å². The number of rotatable bonds is 7. The van der Waals surface area contributed by atoms with E-state index < -0.39 is 16.1 Å². The van der Waals surface area contributed by atoms with Crippen LogP contribution in [0.25, 0.3) is 6.08 Å². The number of anilines is 1. The Labute approximate surface area is 180 Å². The van der Waals surface area contributed by atoms with E-state index in [1.807, 2.05) is 38.4 Å². The van der Waals surface area contributed by atoms with Crippen LogP contribution in [0, 0.1) is 0 Å². The van der Waals surface area contributed by atoms with Gasteiger partial charge in [0.05, 0.1) is 4.34 Å². The smallest absolute Gasteiger partial charge is 0.245 e. The lowest BCUT2D eigenvalue weighted by Crippen LogP contribution is -2.40. The Hall–Kier alpha value is -1.71. The molecule has 1 fully saturated rings. The van der Waals surface area contributed by atoms with Crippen molar-refractivity contribution in [2.75, 3.05) is 25.5 Å². The van der Waals surface area contributed by atoms with E-state index in [1.165, 1.54) is 17.4 Å². The number of carbonyl (C=O) groups excluding carboxylic acids is 1. The molecule has 3 rings (SSSR count). The third-order valence-electron chi connectivity index (χ3n) is 4.98. The minimum atomic E-state index is -3.74. The molecule has 2 atom stereocenters. The predicted octanol–water partition coefficient (Wildman–Crippen LogP) is 3.72. The molecule has 1 saturated heterocycles. The lowest BCUT2D eigenvalue weighted by molar-refractivity contribution is -0.118. The van der Waals surface area contributed by atoms with Crippen LogP contribution in [0.4, 0.5) is 5.69 Å². The standard InChI is InChI=1S/C20H24ClN3O3S2/c1-14(23(2)3)15-4-6-16(7-5-15)24-12-10-18(20(24)25)22-29(26,27)13-11-17-8-9-19(21)28-17/h4-9,11,13-14,18,22H,10,12H2,1-3H3/t14-,18-/m0/s1. The Morgan fingerprint density at radius 2 is 1.93 bits per heavy atom. The first-order valence-corrected chi connectivity index (χ1v) is 11.9. The van der Waals surface area contributed by atoms with Crippen LogP contribution in [-0.4, -0.2) is 45.9 Å². The number of halogens is 1. The molecule has 1 amide bonds. The van der Waals surface area contributed by atoms with Crippen molar-refractivity contribution in [2.45, 2.75) is 25.4 Å². The van der Waals surface area contributed by atoms with Gasteiger partial charge in [-0.2, -0.15) is 4.72 Å². The number of benzene rings is 1. The van der Waals surface area contributed by atoms with E-state index in [1.54, 1.807) is 17.0 Å². The van der Waals surface area contributed by atoms with Crippen LogP contribution in [-0.2, 0) is 14.8 Å². The molecule has 0 aliphatic carbocycles. The Balaban J connectivity index is 1.65. The maximum Gasteiger partial charge on any atom is 0.245 e. The largest absolute Gasteiger partial charge is 0.311 e. The molecule has 0 bridgehead atoms. The highest BCUT2D eigenvalue weighted by atomic mass is 35.5. The van der Waals surface area contributed by atoms with Crippen LogP contribution in [0.1, 0.15) is 29.8 Å². The van der Waals surface area contributed by atoms with Crippen LogP contribution >= 0.6 is 22.9 Å². The van der Waals surface area contributed by atoms with E-state index in [2.05, 4.69) is 16.5 Å². The number of nitrogens with one attached hydrogen (secondary N) is 1. The van der Waals surface area contributed by atoms with Crippen molar-refractivity contribution in [3.63, 3.8) is 0 Å². The zero-order valence-electron chi connectivity index (χ0n) is 16.5. The molecule has 0 spiro atoms. The summed E-state index contributed by atoms with van der Waals surface area (Å²) in [6.45, 7) is 2.58. The van der Waals surface area contributed by atoms with E-state index in [0.29, 0.717) is 17.3 Å². The average Bonchev–Trinajstić information content (AvgIpc) is 3.25. The molecule has 2 aromatic rings. The number of sulfonamides is 1. The highest BCUT2D eigenvalue weighted by molar-refractivity contribution is 7.92. The topological polar surface area (TPSA) is 69.7 Å². The van der Waals surface area contributed by atoms with Gasteiger partial charge in [-0.3, -0.25) is 4.79 Å². The molecule has 6 nitrogen and oxygen atoms in total. The third kappa shape index (κ3) is 5.46. The summed E-state index contributed by atoms with van der Waals surface area (Å²) in [5, 5.41) is 1.07. The van der Waals surface area contributed by atoms with Crippen LogP contribution < -0.4 is 9.62 Å². The summed E-state index contributed by atoms with van der Waals surface area (Å²) in [5.74, 6) is -0.241. The van der Waals surface area contributed by atoms with Crippen LogP contribution in [0.2, 0.25) is 4.34 Å². The summed E-state index contributed by atoms with van der Waals surface area (Å²) < 4.78 is 27.7. The van der Waals surface area contributed by atoms with Gasteiger partial charge < -0.3 is 9.80 Å². The lowest BCUT2D eigenvalue weighted by Gasteiger charge is -2.22. The first-order chi connectivity index (χ1) is 13.7. The minimum Gasteiger partial charge on any atom is -0.311 e. The first-order valence-electron chi connectivity index (χ1n) is 9.20. The fourth-order valence-corrected chi connectivity index (χ4v) is 5.16. The van der Waals surface area contributed by atoms with Gasteiger partial charge in [-0.05, 0) is 63.3 Å². The van der Waals surface area contributed by atoms with Gasteiger partial charge in [-0.15, -0.1) is 11.3 Å². The molecule has 1 aliphatic rings. The SMILES string of the molecule is C[C@@H](c1ccc(N2CC[C@H](NS(=O)(=O)C=Cc3ccc(Cl)s3)C2=O)cc1)N(C)C. The molecule has 29 heavy (non-hydrogen) atoms. The van der Waals surface area contributed by atoms with E-state index in [-0.39, 0.29) is 11.9 Å². The minimum absolute atomic E-state index is 0.241. The van der Waals surface area contributed by atoms with Crippen molar-refractivity contribution >= 4 is 50.6 Å². The third-order valence-corrected chi connectivity index (χ3v) is 7.28. The maximum atomic E-state index is 12.7. The zero-order chi connectivity index (χ0) is 21.2. The second-order valence-electron chi connectivity index (χ2n) is 7.17. The molecule has 1 aliphatic heterocycles. The summed E-state index contributed by atoms with van der Waals surface area (Å²) in [4.78, 5) is 17.2. The molecule has 0 saturated carbocycles. The summed E-state index contributed by atoms with van der Waals surface area (Å²) in [6, 6.07) is 10.8. The maximum absolute atomic E-state index is 12.7. The second kappa shape index (κ2) is 8.97. The van der Waals surface area contributed by atoms with E-state index in [9.17, 15) is 13.2 Å². The van der Waals surface area contributed by atoms with Crippen molar-refractivity contribution in [1.29, 1.82) is 0 Å². The molecule has 156 valence electrons. The Morgan fingerprint density at radius 1 is 1.24 bits per heavy atom. The average molecular weight is 454 g/mol. The monoisotopic (exact) mass is 453 g/mol. The molecule has 1 aromatic carbocycles. The van der Waals surface area contributed by atoms with Gasteiger partial charge >= 0.3 is 0 Å². The molecule has 2 heterocycles. The fourth-order valence-electron chi connectivity index (χ4n) is 3.09. The van der Waals surface area contributed by atoms with Gasteiger partial charge in [0, 0.05) is 28.6 Å². The number of hydrogen-bond donors (Lipinski definition) is 1. The Kier molecular flexibility index (Phi) is 6.80. The summed E-state index contributed by atoms with van der Waals surface area (Å²) in [6.07, 6.45) is 1.90. The van der Waals surface area contributed by atoms with Crippen molar-refractivity contribution < 1.29 is 13.2 Å².